The van der Waals surface area contributed by atoms with Crippen molar-refractivity contribution in [2.75, 3.05) is 0 Å². The van der Waals surface area contributed by atoms with Gasteiger partial charge in [0.25, 0.3) is 0 Å². The molecule has 0 fully saturated rings. The Hall–Kier alpha value is -0.0900. The van der Waals surface area contributed by atoms with E-state index in [0.717, 1.165) is 0 Å². The molecule has 1 aromatic carbocycles. The highest BCUT2D eigenvalue weighted by Gasteiger charge is 2.19. The zero-order chi connectivity index (χ0) is 8.32. The van der Waals surface area contributed by atoms with E-state index in [4.69, 9.17) is 3.07 Å². The molecular weight excluding hydrogens is 251 g/mol. The molecule has 0 aromatic heterocycles. The van der Waals surface area contributed by atoms with Crippen LogP contribution in [-0.4, -0.2) is 0 Å². The Kier molecular flexibility index (Phi) is 2.90. The molecule has 0 bridgehead atoms. The van der Waals surface area contributed by atoms with Gasteiger partial charge >= 0.3 is 0 Å². The molecule has 0 atom stereocenters. The highest BCUT2D eigenvalue weighted by atomic mass is 127. The molecule has 0 N–H and O–H groups in total. The van der Waals surface area contributed by atoms with Crippen LogP contribution >= 0.6 is 23.0 Å². The molecule has 0 unspecified atom stereocenters. The van der Waals surface area contributed by atoms with Crippen molar-refractivity contribution in [3.63, 3.8) is 0 Å². The summed E-state index contributed by atoms with van der Waals surface area (Å²) in [5, 5.41) is 0. The van der Waals surface area contributed by atoms with Crippen molar-refractivity contribution < 1.29 is 3.07 Å². The number of hydrogen-bond donors (Lipinski definition) is 0. The van der Waals surface area contributed by atoms with Crippen LogP contribution in [0.15, 0.2) is 30.3 Å². The predicted octanol–water partition coefficient (Wildman–Crippen LogP) is 3.29. The fourth-order valence-electron chi connectivity index (χ4n) is 0.884. The molecular formula is C9H11IO. The van der Waals surface area contributed by atoms with Gasteiger partial charge in [-0.15, -0.1) is 0 Å². The Morgan fingerprint density at radius 3 is 2.18 bits per heavy atom. The van der Waals surface area contributed by atoms with Gasteiger partial charge in [0, 0.05) is 0 Å². The lowest BCUT2D eigenvalue weighted by atomic mass is 9.99. The lowest BCUT2D eigenvalue weighted by Crippen LogP contribution is -2.16. The maximum atomic E-state index is 5.29. The van der Waals surface area contributed by atoms with Gasteiger partial charge in [-0.3, -0.25) is 0 Å². The molecule has 0 spiro atoms. The fraction of sp³-hybridized carbons (Fsp3) is 0.333. The van der Waals surface area contributed by atoms with Crippen molar-refractivity contribution in [1.29, 1.82) is 0 Å². The molecule has 0 amide bonds. The van der Waals surface area contributed by atoms with Crippen LogP contribution in [0.25, 0.3) is 0 Å². The van der Waals surface area contributed by atoms with Crippen molar-refractivity contribution in [2.45, 2.75) is 19.4 Å². The molecule has 1 aromatic rings. The van der Waals surface area contributed by atoms with Crippen molar-refractivity contribution in [3.8, 4) is 0 Å². The third kappa shape index (κ3) is 2.17. The number of hydrogen-bond acceptors (Lipinski definition) is 1. The van der Waals surface area contributed by atoms with Crippen LogP contribution in [0.5, 0.6) is 0 Å². The van der Waals surface area contributed by atoms with E-state index in [1.807, 2.05) is 41.2 Å². The Labute approximate surface area is 81.5 Å². The third-order valence-corrected chi connectivity index (χ3v) is 2.76. The quantitative estimate of drug-likeness (QED) is 0.743. The van der Waals surface area contributed by atoms with Crippen LogP contribution in [0.1, 0.15) is 19.4 Å². The summed E-state index contributed by atoms with van der Waals surface area (Å²) in [6, 6.07) is 10.2. The molecule has 0 aliphatic carbocycles. The van der Waals surface area contributed by atoms with Gasteiger partial charge in [0.1, 0.15) is 23.0 Å². The van der Waals surface area contributed by atoms with Crippen molar-refractivity contribution in [2.24, 2.45) is 0 Å². The van der Waals surface area contributed by atoms with E-state index in [1.54, 1.807) is 0 Å². The van der Waals surface area contributed by atoms with E-state index in [1.165, 1.54) is 5.56 Å². The van der Waals surface area contributed by atoms with Gasteiger partial charge in [-0.1, -0.05) is 30.3 Å². The van der Waals surface area contributed by atoms with E-state index in [9.17, 15) is 0 Å². The fourth-order valence-corrected chi connectivity index (χ4v) is 1.14. The maximum absolute atomic E-state index is 5.29. The Bertz CT molecular complexity index is 218. The minimum atomic E-state index is -0.179. The maximum Gasteiger partial charge on any atom is 0.110 e. The summed E-state index contributed by atoms with van der Waals surface area (Å²) in [6.07, 6.45) is 0. The molecule has 1 rings (SSSR count). The smallest absolute Gasteiger partial charge is 0.110 e. The average Bonchev–Trinajstić information content (AvgIpc) is 2.06. The van der Waals surface area contributed by atoms with E-state index in [0.29, 0.717) is 0 Å². The van der Waals surface area contributed by atoms with Crippen molar-refractivity contribution >= 4 is 23.0 Å². The van der Waals surface area contributed by atoms with Crippen LogP contribution in [-0.2, 0) is 8.67 Å². The number of halogens is 1. The summed E-state index contributed by atoms with van der Waals surface area (Å²) in [4.78, 5) is 0. The standard InChI is InChI=1S/C9H11IO/c1-9(2,11-10)8-6-4-3-5-7-8/h3-7H,1-2H3. The summed E-state index contributed by atoms with van der Waals surface area (Å²) >= 11 is 1.93. The Morgan fingerprint density at radius 2 is 1.73 bits per heavy atom. The molecule has 0 saturated heterocycles. The molecule has 60 valence electrons. The van der Waals surface area contributed by atoms with Gasteiger partial charge in [-0.2, -0.15) is 0 Å². The number of benzene rings is 1. The predicted molar refractivity (Wildman–Crippen MR) is 54.6 cm³/mol. The van der Waals surface area contributed by atoms with E-state index in [-0.39, 0.29) is 5.60 Å². The normalized spacial score (nSPS) is 11.5. The van der Waals surface area contributed by atoms with Crippen molar-refractivity contribution in [3.05, 3.63) is 35.9 Å². The summed E-state index contributed by atoms with van der Waals surface area (Å²) in [7, 11) is 0. The first-order valence-corrected chi connectivity index (χ1v) is 4.40. The monoisotopic (exact) mass is 262 g/mol. The first kappa shape index (κ1) is 9.00. The van der Waals surface area contributed by atoms with E-state index >= 15 is 0 Å². The minimum Gasteiger partial charge on any atom is -0.305 e. The van der Waals surface area contributed by atoms with Crippen LogP contribution in [0.3, 0.4) is 0 Å². The van der Waals surface area contributed by atoms with Gasteiger partial charge in [0.2, 0.25) is 0 Å². The van der Waals surface area contributed by atoms with Crippen LogP contribution in [0.2, 0.25) is 0 Å². The highest BCUT2D eigenvalue weighted by Crippen LogP contribution is 2.26. The topological polar surface area (TPSA) is 9.23 Å². The molecule has 0 radical (unpaired) electrons. The first-order valence-electron chi connectivity index (χ1n) is 3.52. The summed E-state index contributed by atoms with van der Waals surface area (Å²) < 4.78 is 5.29. The molecule has 11 heavy (non-hydrogen) atoms. The Balaban J connectivity index is 2.93. The second-order valence-electron chi connectivity index (χ2n) is 2.95. The van der Waals surface area contributed by atoms with E-state index < -0.39 is 0 Å². The summed E-state index contributed by atoms with van der Waals surface area (Å²) in [5.41, 5.74) is 1.02. The van der Waals surface area contributed by atoms with Crippen LogP contribution < -0.4 is 0 Å². The first-order chi connectivity index (χ1) is 5.17. The van der Waals surface area contributed by atoms with Gasteiger partial charge < -0.3 is 3.07 Å². The lowest BCUT2D eigenvalue weighted by molar-refractivity contribution is 0.177. The molecule has 0 aliphatic heterocycles. The lowest BCUT2D eigenvalue weighted by Gasteiger charge is -2.21. The average molecular weight is 262 g/mol. The molecule has 2 heteroatoms. The van der Waals surface area contributed by atoms with Gasteiger partial charge in [0.15, 0.2) is 0 Å². The second-order valence-corrected chi connectivity index (χ2v) is 3.39. The summed E-state index contributed by atoms with van der Waals surface area (Å²) in [5.74, 6) is 0. The van der Waals surface area contributed by atoms with Gasteiger partial charge in [-0.05, 0) is 19.4 Å². The Morgan fingerprint density at radius 1 is 1.18 bits per heavy atom. The van der Waals surface area contributed by atoms with Crippen LogP contribution in [0.4, 0.5) is 0 Å². The summed E-state index contributed by atoms with van der Waals surface area (Å²) in [6.45, 7) is 4.10. The SMILES string of the molecule is CC(C)(OI)c1ccccc1. The second kappa shape index (κ2) is 3.54. The molecule has 1 nitrogen and oxygen atoms in total. The molecule has 0 saturated carbocycles. The molecule has 0 heterocycles. The largest absolute Gasteiger partial charge is 0.305 e. The van der Waals surface area contributed by atoms with Gasteiger partial charge in [-0.25, -0.2) is 0 Å². The number of rotatable bonds is 2. The third-order valence-electron chi connectivity index (χ3n) is 1.66. The van der Waals surface area contributed by atoms with Crippen molar-refractivity contribution in [1.82, 2.24) is 0 Å². The van der Waals surface area contributed by atoms with E-state index in [2.05, 4.69) is 26.0 Å². The van der Waals surface area contributed by atoms with Crippen LogP contribution in [0, 0.1) is 0 Å². The minimum absolute atomic E-state index is 0.179. The molecule has 0 aliphatic rings. The highest BCUT2D eigenvalue weighted by molar-refractivity contribution is 14.1. The zero-order valence-electron chi connectivity index (χ0n) is 6.67. The van der Waals surface area contributed by atoms with Gasteiger partial charge in [0.05, 0.1) is 5.60 Å². The zero-order valence-corrected chi connectivity index (χ0v) is 8.83.